The van der Waals surface area contributed by atoms with Gasteiger partial charge in [0.1, 0.15) is 9.84 Å². The number of sulfone groups is 1. The number of aromatic nitrogens is 1. The zero-order valence-electron chi connectivity index (χ0n) is 10.3. The van der Waals surface area contributed by atoms with Gasteiger partial charge in [-0.1, -0.05) is 6.92 Å². The van der Waals surface area contributed by atoms with Gasteiger partial charge in [-0.2, -0.15) is 0 Å². The Balaban J connectivity index is 2.58. The average Bonchev–Trinajstić information content (AvgIpc) is 2.34. The molecule has 18 heavy (non-hydrogen) atoms. The van der Waals surface area contributed by atoms with Crippen molar-refractivity contribution in [2.45, 2.75) is 25.8 Å². The van der Waals surface area contributed by atoms with E-state index in [0.717, 1.165) is 10.0 Å². The first-order valence-corrected chi connectivity index (χ1v) is 8.37. The molecule has 5 nitrogen and oxygen atoms in total. The summed E-state index contributed by atoms with van der Waals surface area (Å²) in [7, 11) is -2.91. The lowest BCUT2D eigenvalue weighted by atomic mass is 10.1. The van der Waals surface area contributed by atoms with Crippen LogP contribution in [0.2, 0.25) is 0 Å². The molecule has 0 aliphatic rings. The Morgan fingerprint density at radius 2 is 2.22 bits per heavy atom. The highest BCUT2D eigenvalue weighted by Gasteiger charge is 2.13. The summed E-state index contributed by atoms with van der Waals surface area (Å²) in [4.78, 5) is 4.07. The van der Waals surface area contributed by atoms with Crippen molar-refractivity contribution in [2.75, 3.05) is 11.5 Å². The number of nitrogens with one attached hydrogen (secondary N) is 1. The molecule has 0 fully saturated rings. The molecule has 0 spiro atoms. The number of rotatable bonds is 7. The fourth-order valence-corrected chi connectivity index (χ4v) is 2.89. The Bertz CT molecular complexity index is 479. The van der Waals surface area contributed by atoms with Gasteiger partial charge < -0.3 is 0 Å². The summed E-state index contributed by atoms with van der Waals surface area (Å²) in [5.41, 5.74) is 3.64. The molecule has 0 bridgehead atoms. The highest BCUT2D eigenvalue weighted by molar-refractivity contribution is 9.10. The smallest absolute Gasteiger partial charge is 0.150 e. The number of nitrogens with zero attached hydrogens (tertiary/aromatic N) is 1. The normalized spacial score (nSPS) is 13.5. The Morgan fingerprint density at radius 3 is 2.78 bits per heavy atom. The third kappa shape index (κ3) is 5.01. The quantitative estimate of drug-likeness (QED) is 0.583. The maximum atomic E-state index is 11.4. The second-order valence-electron chi connectivity index (χ2n) is 4.03. The van der Waals surface area contributed by atoms with Crippen LogP contribution in [0.5, 0.6) is 0 Å². The molecule has 102 valence electrons. The van der Waals surface area contributed by atoms with Crippen molar-refractivity contribution in [3.05, 3.63) is 28.5 Å². The number of nitrogens with two attached hydrogens (primary N) is 1. The van der Waals surface area contributed by atoms with E-state index in [-0.39, 0.29) is 17.5 Å². The van der Waals surface area contributed by atoms with Gasteiger partial charge in [0.25, 0.3) is 0 Å². The van der Waals surface area contributed by atoms with E-state index in [0.29, 0.717) is 12.8 Å². The van der Waals surface area contributed by atoms with Crippen molar-refractivity contribution in [3.8, 4) is 0 Å². The van der Waals surface area contributed by atoms with Gasteiger partial charge in [-0.05, 0) is 40.4 Å². The molecule has 0 saturated carbocycles. The maximum Gasteiger partial charge on any atom is 0.150 e. The second kappa shape index (κ2) is 7.18. The molecule has 1 heterocycles. The highest BCUT2D eigenvalue weighted by atomic mass is 79.9. The third-order valence-electron chi connectivity index (χ3n) is 2.72. The van der Waals surface area contributed by atoms with E-state index in [4.69, 9.17) is 5.84 Å². The zero-order valence-corrected chi connectivity index (χ0v) is 12.7. The van der Waals surface area contributed by atoms with Crippen LogP contribution in [-0.4, -0.2) is 24.9 Å². The molecule has 0 amide bonds. The van der Waals surface area contributed by atoms with Gasteiger partial charge in [0, 0.05) is 28.7 Å². The molecule has 0 radical (unpaired) electrons. The molecular weight excluding hydrogens is 318 g/mol. The molecule has 0 aliphatic carbocycles. The average molecular weight is 336 g/mol. The Labute approximate surface area is 116 Å². The first kappa shape index (κ1) is 15.6. The van der Waals surface area contributed by atoms with Crippen molar-refractivity contribution < 1.29 is 8.42 Å². The molecule has 1 aromatic rings. The van der Waals surface area contributed by atoms with E-state index in [1.165, 1.54) is 0 Å². The van der Waals surface area contributed by atoms with Crippen molar-refractivity contribution in [1.29, 1.82) is 0 Å². The molecule has 0 saturated heterocycles. The summed E-state index contributed by atoms with van der Waals surface area (Å²) in [6, 6.07) is 1.84. The molecular formula is C11H18BrN3O2S. The lowest BCUT2D eigenvalue weighted by molar-refractivity contribution is 0.506. The van der Waals surface area contributed by atoms with Crippen LogP contribution in [0.15, 0.2) is 22.9 Å². The first-order valence-electron chi connectivity index (χ1n) is 5.75. The summed E-state index contributed by atoms with van der Waals surface area (Å²) in [6.45, 7) is 1.66. The van der Waals surface area contributed by atoms with Crippen LogP contribution in [-0.2, 0) is 9.84 Å². The summed E-state index contributed by atoms with van der Waals surface area (Å²) in [5.74, 6) is 5.88. The van der Waals surface area contributed by atoms with Crippen molar-refractivity contribution in [3.63, 3.8) is 0 Å². The minimum absolute atomic E-state index is 0.0814. The number of halogens is 1. The SMILES string of the molecule is CCS(=O)(=O)CCCC(NN)c1cncc(Br)c1. The Morgan fingerprint density at radius 1 is 1.50 bits per heavy atom. The molecule has 7 heteroatoms. The summed E-state index contributed by atoms with van der Waals surface area (Å²) >= 11 is 3.34. The lowest BCUT2D eigenvalue weighted by Gasteiger charge is -2.15. The van der Waals surface area contributed by atoms with Gasteiger partial charge in [0.15, 0.2) is 0 Å². The van der Waals surface area contributed by atoms with Crippen LogP contribution in [0.25, 0.3) is 0 Å². The van der Waals surface area contributed by atoms with Crippen LogP contribution in [0, 0.1) is 0 Å². The number of hydrogen-bond acceptors (Lipinski definition) is 5. The fourth-order valence-electron chi connectivity index (χ4n) is 1.62. The van der Waals surface area contributed by atoms with Gasteiger partial charge >= 0.3 is 0 Å². The summed E-state index contributed by atoms with van der Waals surface area (Å²) in [5, 5.41) is 0. The van der Waals surface area contributed by atoms with Crippen molar-refractivity contribution in [2.24, 2.45) is 5.84 Å². The first-order chi connectivity index (χ1) is 8.48. The number of hydrogen-bond donors (Lipinski definition) is 2. The summed E-state index contributed by atoms with van der Waals surface area (Å²) < 4.78 is 23.7. The van der Waals surface area contributed by atoms with Crippen LogP contribution in [0.3, 0.4) is 0 Å². The van der Waals surface area contributed by atoms with Crippen LogP contribution >= 0.6 is 15.9 Å². The maximum absolute atomic E-state index is 11.4. The number of hydrazine groups is 1. The standard InChI is InChI=1S/C11H18BrN3O2S/c1-2-18(16,17)5-3-4-11(15-13)9-6-10(12)8-14-7-9/h6-8,11,15H,2-5,13H2,1H3. The lowest BCUT2D eigenvalue weighted by Crippen LogP contribution is -2.28. The van der Waals surface area contributed by atoms with E-state index < -0.39 is 9.84 Å². The molecule has 0 aliphatic heterocycles. The van der Waals surface area contributed by atoms with E-state index in [9.17, 15) is 8.42 Å². The second-order valence-corrected chi connectivity index (χ2v) is 7.42. The minimum Gasteiger partial charge on any atom is -0.271 e. The van der Waals surface area contributed by atoms with E-state index >= 15 is 0 Å². The Kier molecular flexibility index (Phi) is 6.20. The van der Waals surface area contributed by atoms with Crippen LogP contribution in [0.1, 0.15) is 31.4 Å². The highest BCUT2D eigenvalue weighted by Crippen LogP contribution is 2.20. The fraction of sp³-hybridized carbons (Fsp3) is 0.545. The predicted octanol–water partition coefficient (Wildman–Crippen LogP) is 1.56. The monoisotopic (exact) mass is 335 g/mol. The van der Waals surface area contributed by atoms with Gasteiger partial charge in [0.05, 0.1) is 5.75 Å². The van der Waals surface area contributed by atoms with E-state index in [1.807, 2.05) is 6.07 Å². The molecule has 0 aromatic carbocycles. The van der Waals surface area contributed by atoms with Crippen LogP contribution in [0.4, 0.5) is 0 Å². The molecule has 1 aromatic heterocycles. The summed E-state index contributed by atoms with van der Waals surface area (Å²) in [6.07, 6.45) is 4.66. The minimum atomic E-state index is -2.91. The number of pyridine rings is 1. The van der Waals surface area contributed by atoms with Gasteiger partial charge in [-0.25, -0.2) is 8.42 Å². The molecule has 1 unspecified atom stereocenters. The van der Waals surface area contributed by atoms with E-state index in [2.05, 4.69) is 26.3 Å². The zero-order chi connectivity index (χ0) is 13.6. The third-order valence-corrected chi connectivity index (χ3v) is 4.94. The predicted molar refractivity (Wildman–Crippen MR) is 75.6 cm³/mol. The Hall–Kier alpha value is -0.500. The molecule has 3 N–H and O–H groups in total. The molecule has 1 atom stereocenters. The van der Waals surface area contributed by atoms with Gasteiger partial charge in [-0.15, -0.1) is 0 Å². The van der Waals surface area contributed by atoms with Crippen molar-refractivity contribution in [1.82, 2.24) is 10.4 Å². The topological polar surface area (TPSA) is 85.1 Å². The van der Waals surface area contributed by atoms with Crippen molar-refractivity contribution >= 4 is 25.8 Å². The van der Waals surface area contributed by atoms with Crippen LogP contribution < -0.4 is 11.3 Å². The largest absolute Gasteiger partial charge is 0.271 e. The molecule has 1 rings (SSSR count). The van der Waals surface area contributed by atoms with Gasteiger partial charge in [0.2, 0.25) is 0 Å². The van der Waals surface area contributed by atoms with Gasteiger partial charge in [-0.3, -0.25) is 16.3 Å². The van der Waals surface area contributed by atoms with E-state index in [1.54, 1.807) is 19.3 Å².